The molecular weight excluding hydrogens is 2020 g/mol. The Kier molecular flexibility index (Phi) is 75.7. The second kappa shape index (κ2) is 83.1. The first-order valence-electron chi connectivity index (χ1n) is 44.8. The first-order valence-corrected chi connectivity index (χ1v) is 58.2. The molecule has 9 amide bonds. The minimum absolute atomic E-state index is 0.0380. The Labute approximate surface area is 863 Å². The molecule has 46 heteroatoms. The van der Waals surface area contributed by atoms with E-state index in [1.807, 2.05) is 107 Å². The lowest BCUT2D eigenvalue weighted by atomic mass is 10.1. The van der Waals surface area contributed by atoms with Crippen LogP contribution < -0.4 is 54.7 Å². The summed E-state index contributed by atoms with van der Waals surface area (Å²) in [7, 11) is 8.64. The van der Waals surface area contributed by atoms with Crippen molar-refractivity contribution in [2.24, 2.45) is 28.7 Å². The van der Waals surface area contributed by atoms with Gasteiger partial charge < -0.3 is 80.2 Å². The fraction of sp³-hybridized carbons (Fsp3) is 0.505. The standard InChI is InChI=1S/C19H27FN2O4S2.C19H28N4O5S2.C19H29N3O5S2.C18H26N2O4S2.C18H22N2O2S4/c20-16-7-3-1-5-14(16)11-22-18(24)13-27-10-9-15(28-12-17(21)23)6-2-4-8-19(25)26;20-16(24)11-30-14(3-1-2-4-18(26)27)7-8-29-12-17(25)23-10-13-5-6-15(19(21)28)22-9-13;1-27-18-7-6-14(11-22-18)10-21-17(24)13-28-9-8-15(29-12-16(20)23)4-2-3-5-19(25)26;19-16(21)12-26-15(8-4-5-9-18(23)24)10-11-25-13-17(22)20-14-6-2-1-3-7-14;21-18(22)10-2-1-7-15(24-26-17-9-4-6-13-20-17)11-14-23-25-16-8-3-5-12-19-16/h1,3,5,7,15H,2,4,6,8-13H2,(H2,21,23)(H,22,24)(H,25,26);5-6,9,14H,1-4,7-8,10-12H2,(H2,20,24)(H2,21,28)(H,23,25)(H,26,27);6-7,11,15H,2-5,8-10,12-13H2,1H3,(H2,20,23)(H,21,24)(H,25,26);1-3,6-7,15H,4-5,8-13H2,(H2,19,21)(H,20,22)(H,23,24);3-6,8-9,12-13,15H,1-2,7,10-11,14H2,(H,21,22). The Bertz CT molecular complexity index is 4500. The van der Waals surface area contributed by atoms with Gasteiger partial charge in [-0.1, -0.05) is 114 Å². The maximum Gasteiger partial charge on any atom is 0.303 e. The summed E-state index contributed by atoms with van der Waals surface area (Å²) in [6, 6.07) is 34.3. The van der Waals surface area contributed by atoms with Gasteiger partial charge in [0.15, 0.2) is 0 Å². The zero-order valence-corrected chi connectivity index (χ0v) is 87.8. The molecule has 0 spiro atoms. The molecule has 768 valence electrons. The van der Waals surface area contributed by atoms with Crippen molar-refractivity contribution in [3.05, 3.63) is 168 Å². The van der Waals surface area contributed by atoms with Crippen molar-refractivity contribution in [3.63, 3.8) is 0 Å². The van der Waals surface area contributed by atoms with Gasteiger partial charge in [-0.15, -0.1) is 47.0 Å². The van der Waals surface area contributed by atoms with E-state index in [9.17, 15) is 71.5 Å². The van der Waals surface area contributed by atoms with Crippen molar-refractivity contribution < 1.29 is 102 Å². The molecule has 6 aromatic rings. The number of thioether (sulfide) groups is 8. The number of unbranched alkanes of at least 4 members (excludes halogenated alkanes) is 5. The zero-order chi connectivity index (χ0) is 102. The van der Waals surface area contributed by atoms with Gasteiger partial charge in [0.05, 0.1) is 53.1 Å². The van der Waals surface area contributed by atoms with Crippen LogP contribution in [-0.4, -0.2) is 237 Å². The highest BCUT2D eigenvalue weighted by Crippen LogP contribution is 2.39. The van der Waals surface area contributed by atoms with E-state index in [0.717, 1.165) is 158 Å². The molecule has 4 heterocycles. The third-order valence-electron chi connectivity index (χ3n) is 18.7. The number of amides is 9. The number of aliphatic carboxylic acids is 5. The number of methoxy groups -OCH3 is 1. The Morgan fingerprint density at radius 1 is 0.360 bits per heavy atom. The van der Waals surface area contributed by atoms with E-state index in [2.05, 4.69) is 41.2 Å². The molecule has 6 rings (SSSR count). The van der Waals surface area contributed by atoms with E-state index in [1.54, 1.807) is 77.0 Å². The number of carbonyl (C=O) groups excluding carboxylic acids is 9. The number of nitrogens with zero attached hydrogens (tertiary/aromatic N) is 4. The van der Waals surface area contributed by atoms with E-state index in [-0.39, 0.29) is 147 Å². The molecular formula is C93H132FN13O20S12. The third kappa shape index (κ3) is 76.0. The largest absolute Gasteiger partial charge is 0.481 e. The molecule has 0 saturated heterocycles. The highest BCUT2D eigenvalue weighted by Gasteiger charge is 2.20. The highest BCUT2D eigenvalue weighted by atomic mass is 33.1. The van der Waals surface area contributed by atoms with Crippen molar-refractivity contribution in [2.75, 3.05) is 87.2 Å². The van der Waals surface area contributed by atoms with E-state index >= 15 is 0 Å². The number of hydrogen-bond donors (Lipinski definition) is 14. The van der Waals surface area contributed by atoms with Gasteiger partial charge in [0.2, 0.25) is 53.1 Å². The van der Waals surface area contributed by atoms with Crippen LogP contribution in [0, 0.1) is 5.82 Å². The minimum Gasteiger partial charge on any atom is -0.481 e. The van der Waals surface area contributed by atoms with Gasteiger partial charge in [0, 0.05) is 126 Å². The number of rotatable bonds is 74. The van der Waals surface area contributed by atoms with E-state index in [4.69, 9.17) is 58.9 Å². The summed E-state index contributed by atoms with van der Waals surface area (Å²) in [5.74, 6) is 0.304. The topological polar surface area (TPSA) is 579 Å². The summed E-state index contributed by atoms with van der Waals surface area (Å²) in [6.45, 7) is 0.885. The first kappa shape index (κ1) is 127. The van der Waals surface area contributed by atoms with Gasteiger partial charge >= 0.3 is 29.8 Å². The van der Waals surface area contributed by atoms with Gasteiger partial charge in [-0.05, 0) is 201 Å². The number of primary amides is 5. The molecule has 5 atom stereocenters. The summed E-state index contributed by atoms with van der Waals surface area (Å²) < 4.78 is 18.5. The highest BCUT2D eigenvalue weighted by molar-refractivity contribution is 8.77. The molecule has 0 fully saturated rings. The van der Waals surface area contributed by atoms with Crippen LogP contribution in [0.4, 0.5) is 10.1 Å². The molecule has 5 unspecified atom stereocenters. The molecule has 33 nitrogen and oxygen atoms in total. The van der Waals surface area contributed by atoms with Crippen LogP contribution in [0.2, 0.25) is 0 Å². The number of nitrogens with two attached hydrogens (primary N) is 5. The third-order valence-corrected chi connectivity index (χ3v) is 33.4. The van der Waals surface area contributed by atoms with Gasteiger partial charge in [-0.2, -0.15) is 47.0 Å². The van der Waals surface area contributed by atoms with E-state index < -0.39 is 35.8 Å². The summed E-state index contributed by atoms with van der Waals surface area (Å²) in [4.78, 5) is 172. The number of benzene rings is 2. The van der Waals surface area contributed by atoms with Gasteiger partial charge in [-0.25, -0.2) is 19.3 Å². The smallest absolute Gasteiger partial charge is 0.303 e. The molecule has 0 bridgehead atoms. The van der Waals surface area contributed by atoms with Crippen molar-refractivity contribution >= 4 is 226 Å². The maximum atomic E-state index is 13.5. The van der Waals surface area contributed by atoms with Crippen LogP contribution in [0.3, 0.4) is 0 Å². The second-order valence-electron chi connectivity index (χ2n) is 30.5. The van der Waals surface area contributed by atoms with Crippen LogP contribution >= 0.6 is 137 Å². The molecule has 0 aliphatic carbocycles. The number of carbonyl (C=O) groups is 14. The molecule has 0 saturated carbocycles. The summed E-state index contributed by atoms with van der Waals surface area (Å²) in [5, 5.41) is 58.2. The number of pyridine rings is 4. The Hall–Kier alpha value is -8.45. The number of hydrogen-bond acceptors (Lipinski definition) is 31. The van der Waals surface area contributed by atoms with Gasteiger partial charge in [-0.3, -0.25) is 72.1 Å². The predicted molar refractivity (Wildman–Crippen MR) is 569 cm³/mol. The molecule has 0 radical (unpaired) electrons. The number of ether oxygens (including phenoxy) is 1. The molecule has 0 aliphatic rings. The van der Waals surface area contributed by atoms with Crippen molar-refractivity contribution in [1.82, 2.24) is 35.9 Å². The Balaban J connectivity index is 0.000000588. The fourth-order valence-corrected chi connectivity index (χ4v) is 24.5. The lowest BCUT2D eigenvalue weighted by Crippen LogP contribution is -2.25. The minimum atomic E-state index is -0.808. The Morgan fingerprint density at radius 3 is 1.06 bits per heavy atom. The van der Waals surface area contributed by atoms with Gasteiger partial charge in [0.1, 0.15) is 21.6 Å². The van der Waals surface area contributed by atoms with Crippen molar-refractivity contribution in [3.8, 4) is 5.88 Å². The quantitative estimate of drug-likeness (QED) is 0.0125. The van der Waals surface area contributed by atoms with Crippen molar-refractivity contribution in [2.45, 2.75) is 216 Å². The van der Waals surface area contributed by atoms with Crippen LogP contribution in [-0.2, 0) is 82.0 Å². The van der Waals surface area contributed by atoms with E-state index in [0.29, 0.717) is 72.7 Å². The second-order valence-corrected chi connectivity index (χ2v) is 45.0. The number of halogens is 1. The number of para-hydroxylation sites is 1. The van der Waals surface area contributed by atoms with Crippen molar-refractivity contribution in [1.29, 1.82) is 0 Å². The molecule has 139 heavy (non-hydrogen) atoms. The number of aromatic nitrogens is 4. The average molecular weight is 2160 g/mol. The lowest BCUT2D eigenvalue weighted by molar-refractivity contribution is -0.138. The number of carboxylic acid groups (broad SMARTS) is 5. The number of nitrogens with one attached hydrogen (secondary N) is 4. The SMILES string of the molecule is COc1ccc(CNC(=O)CSCCC(CCCCC(=O)O)SCC(N)=O)cn1.NC(=O)CSC(CCCCC(=O)O)CCSCC(=O)NCc1ccc(C(N)=O)nc1.NC(=O)CSC(CCCCC(=O)O)CCSCC(=O)NCc1ccccc1F.NC(=O)CSC(CCCCC(=O)O)CCSCC(=O)Nc1ccccc1.O=C(O)CCCCC(CCSSc1ccccn1)SSc1ccccn1. The molecule has 2 aromatic carbocycles. The number of anilines is 1. The predicted octanol–water partition coefficient (Wildman–Crippen LogP) is 15.1. The Morgan fingerprint density at radius 2 is 0.712 bits per heavy atom. The van der Waals surface area contributed by atoms with Crippen LogP contribution in [0.15, 0.2) is 150 Å². The summed E-state index contributed by atoms with van der Waals surface area (Å²) >= 11 is 12.0. The lowest BCUT2D eigenvalue weighted by Gasteiger charge is -2.15. The van der Waals surface area contributed by atoms with E-state index in [1.165, 1.54) is 101 Å². The monoisotopic (exact) mass is 2150 g/mol. The van der Waals surface area contributed by atoms with Crippen LogP contribution in [0.1, 0.15) is 188 Å². The van der Waals surface area contributed by atoms with Crippen LogP contribution in [0.5, 0.6) is 5.88 Å². The molecule has 19 N–H and O–H groups in total. The van der Waals surface area contributed by atoms with Crippen LogP contribution in [0.25, 0.3) is 0 Å². The fourth-order valence-electron chi connectivity index (χ4n) is 11.7. The first-order chi connectivity index (χ1) is 66.8. The normalized spacial score (nSPS) is 11.7. The maximum absolute atomic E-state index is 13.5. The number of carboxylic acids is 5. The average Bonchev–Trinajstić information content (AvgIpc) is 0.899. The molecule has 0 aliphatic heterocycles. The zero-order valence-electron chi connectivity index (χ0n) is 78.0. The summed E-state index contributed by atoms with van der Waals surface area (Å²) in [6.07, 6.45) is 23.7. The molecule has 4 aromatic heterocycles. The van der Waals surface area contributed by atoms with Gasteiger partial charge in [0.25, 0.3) is 5.91 Å². The summed E-state index contributed by atoms with van der Waals surface area (Å²) in [5.41, 5.74) is 29.0.